The number of carbonyl (C=O) groups is 1. The molecule has 0 saturated heterocycles. The summed E-state index contributed by atoms with van der Waals surface area (Å²) in [6.45, 7) is 2.45. The molecule has 1 N–H and O–H groups in total. The maximum Gasteiger partial charge on any atom is 0.251 e. The highest BCUT2D eigenvalue weighted by molar-refractivity contribution is 5.89. The first-order valence-electron chi connectivity index (χ1n) is 10.4. The van der Waals surface area contributed by atoms with Crippen molar-refractivity contribution in [3.63, 3.8) is 0 Å². The number of amides is 1. The Balaban J connectivity index is 1.49. The van der Waals surface area contributed by atoms with Crippen molar-refractivity contribution in [2.45, 2.75) is 19.5 Å². The third-order valence-electron chi connectivity index (χ3n) is 5.42. The molecule has 0 aliphatic carbocycles. The van der Waals surface area contributed by atoms with Crippen LogP contribution < -0.4 is 10.2 Å². The van der Waals surface area contributed by atoms with Gasteiger partial charge in [0.05, 0.1) is 18.5 Å². The van der Waals surface area contributed by atoms with Gasteiger partial charge in [0.1, 0.15) is 18.3 Å². The molecule has 0 unspecified atom stereocenters. The second kappa shape index (κ2) is 8.50. The number of nitrogens with zero attached hydrogens (tertiary/aromatic N) is 5. The van der Waals surface area contributed by atoms with E-state index in [4.69, 9.17) is 4.42 Å². The maximum absolute atomic E-state index is 12.8. The van der Waals surface area contributed by atoms with Crippen LogP contribution in [0.3, 0.4) is 0 Å². The average molecular weight is 426 g/mol. The first kappa shape index (κ1) is 19.7. The molecule has 0 bridgehead atoms. The second-order valence-corrected chi connectivity index (χ2v) is 7.64. The van der Waals surface area contributed by atoms with Crippen molar-refractivity contribution in [1.82, 2.24) is 25.5 Å². The minimum Gasteiger partial charge on any atom is -0.467 e. The van der Waals surface area contributed by atoms with Crippen LogP contribution in [0.15, 0.2) is 83.5 Å². The van der Waals surface area contributed by atoms with Gasteiger partial charge in [0, 0.05) is 0 Å². The number of fused-ring (bicyclic) bond motifs is 1. The van der Waals surface area contributed by atoms with Crippen molar-refractivity contribution >= 4 is 17.6 Å². The van der Waals surface area contributed by atoms with Gasteiger partial charge in [-0.1, -0.05) is 65.3 Å². The van der Waals surface area contributed by atoms with E-state index in [1.165, 1.54) is 5.56 Å². The van der Waals surface area contributed by atoms with Crippen LogP contribution in [0.4, 0.5) is 5.95 Å². The van der Waals surface area contributed by atoms with E-state index in [9.17, 15) is 4.79 Å². The first-order valence-corrected chi connectivity index (χ1v) is 10.4. The van der Waals surface area contributed by atoms with E-state index in [1.807, 2.05) is 41.3 Å². The number of tetrazole rings is 1. The van der Waals surface area contributed by atoms with Crippen molar-refractivity contribution in [2.75, 3.05) is 11.4 Å². The summed E-state index contributed by atoms with van der Waals surface area (Å²) in [4.78, 5) is 14.6. The fourth-order valence-electron chi connectivity index (χ4n) is 3.78. The Morgan fingerprint density at radius 3 is 2.62 bits per heavy atom. The van der Waals surface area contributed by atoms with Crippen LogP contribution in [0.5, 0.6) is 0 Å². The normalized spacial score (nSPS) is 15.2. The predicted octanol–water partition coefficient (Wildman–Crippen LogP) is 3.34. The number of benzene rings is 2. The number of aryl methyl sites for hydroxylation is 1. The predicted molar refractivity (Wildman–Crippen MR) is 119 cm³/mol. The summed E-state index contributed by atoms with van der Waals surface area (Å²) in [5.41, 5.74) is 4.12. The van der Waals surface area contributed by atoms with E-state index in [2.05, 4.69) is 58.1 Å². The Bertz CT molecular complexity index is 1230. The molecule has 2 aromatic heterocycles. The number of nitrogens with one attached hydrogen (secondary N) is 1. The molecule has 0 spiro atoms. The number of furan rings is 1. The van der Waals surface area contributed by atoms with Gasteiger partial charge in [0.15, 0.2) is 0 Å². The van der Waals surface area contributed by atoms with Gasteiger partial charge in [0.2, 0.25) is 5.91 Å². The molecule has 2 aromatic carbocycles. The van der Waals surface area contributed by atoms with Gasteiger partial charge >= 0.3 is 0 Å². The summed E-state index contributed by atoms with van der Waals surface area (Å²) < 4.78 is 7.05. The lowest BCUT2D eigenvalue weighted by atomic mass is 10.00. The van der Waals surface area contributed by atoms with Crippen molar-refractivity contribution in [2.24, 2.45) is 0 Å². The van der Waals surface area contributed by atoms with E-state index in [1.54, 1.807) is 17.0 Å². The SMILES string of the molecule is Cc1ccc([C@@H]2C=C(c3ccccc3)N(CC(=O)NCc3ccco3)c3nnnn32)cc1. The third kappa shape index (κ3) is 3.90. The molecule has 160 valence electrons. The zero-order valence-corrected chi connectivity index (χ0v) is 17.5. The standard InChI is InChI=1S/C24H22N6O2/c1-17-9-11-19(12-10-17)22-14-21(18-6-3-2-4-7-18)29(24-26-27-28-30(22)24)16-23(31)25-15-20-8-5-13-32-20/h2-14,22H,15-16H2,1H3,(H,25,31)/t22-/m0/s1. The van der Waals surface area contributed by atoms with E-state index in [0.717, 1.165) is 16.8 Å². The Labute approximate surface area is 185 Å². The number of allylic oxidation sites excluding steroid dienone is 1. The van der Waals surface area contributed by atoms with E-state index < -0.39 is 0 Å². The molecule has 5 rings (SSSR count). The lowest BCUT2D eigenvalue weighted by molar-refractivity contribution is -0.119. The molecule has 1 aliphatic heterocycles. The van der Waals surface area contributed by atoms with Gasteiger partial charge in [-0.2, -0.15) is 4.68 Å². The minimum absolute atomic E-state index is 0.0719. The average Bonchev–Trinajstić information content (AvgIpc) is 3.52. The maximum atomic E-state index is 12.8. The monoisotopic (exact) mass is 426 g/mol. The second-order valence-electron chi connectivity index (χ2n) is 7.64. The van der Waals surface area contributed by atoms with Crippen molar-refractivity contribution in [1.29, 1.82) is 0 Å². The van der Waals surface area contributed by atoms with Gasteiger partial charge in [-0.25, -0.2) is 0 Å². The van der Waals surface area contributed by atoms with Gasteiger partial charge in [-0.15, -0.1) is 0 Å². The van der Waals surface area contributed by atoms with Crippen LogP contribution in [0.25, 0.3) is 5.70 Å². The summed E-state index contributed by atoms with van der Waals surface area (Å²) in [5.74, 6) is 1.05. The minimum atomic E-state index is -0.182. The topological polar surface area (TPSA) is 89.1 Å². The molecular formula is C24H22N6O2. The van der Waals surface area contributed by atoms with E-state index >= 15 is 0 Å². The van der Waals surface area contributed by atoms with Crippen LogP contribution in [-0.2, 0) is 11.3 Å². The van der Waals surface area contributed by atoms with Crippen LogP contribution >= 0.6 is 0 Å². The lowest BCUT2D eigenvalue weighted by Crippen LogP contribution is -2.39. The van der Waals surface area contributed by atoms with Gasteiger partial charge in [-0.05, 0) is 46.7 Å². The largest absolute Gasteiger partial charge is 0.467 e. The molecule has 1 aliphatic rings. The Kier molecular flexibility index (Phi) is 5.25. The number of hydrogen-bond acceptors (Lipinski definition) is 6. The zero-order valence-electron chi connectivity index (χ0n) is 17.5. The summed E-state index contributed by atoms with van der Waals surface area (Å²) in [6, 6.07) is 21.7. The summed E-state index contributed by atoms with van der Waals surface area (Å²) in [6.07, 6.45) is 3.69. The van der Waals surface area contributed by atoms with Crippen LogP contribution in [-0.4, -0.2) is 32.7 Å². The fourth-order valence-corrected chi connectivity index (χ4v) is 3.78. The van der Waals surface area contributed by atoms with Crippen molar-refractivity contribution in [3.8, 4) is 0 Å². The number of aromatic nitrogens is 4. The van der Waals surface area contributed by atoms with E-state index in [0.29, 0.717) is 18.3 Å². The highest BCUT2D eigenvalue weighted by Crippen LogP contribution is 2.36. The fraction of sp³-hybridized carbons (Fsp3) is 0.167. The zero-order chi connectivity index (χ0) is 21.9. The smallest absolute Gasteiger partial charge is 0.251 e. The Morgan fingerprint density at radius 2 is 1.88 bits per heavy atom. The Morgan fingerprint density at radius 1 is 1.06 bits per heavy atom. The quantitative estimate of drug-likeness (QED) is 0.509. The van der Waals surface area contributed by atoms with Crippen LogP contribution in [0, 0.1) is 6.92 Å². The summed E-state index contributed by atoms with van der Waals surface area (Å²) in [7, 11) is 0. The summed E-state index contributed by atoms with van der Waals surface area (Å²) >= 11 is 0. The molecule has 32 heavy (non-hydrogen) atoms. The van der Waals surface area contributed by atoms with Crippen molar-refractivity contribution in [3.05, 3.63) is 102 Å². The number of carbonyl (C=O) groups excluding carboxylic acids is 1. The Hall–Kier alpha value is -4.20. The van der Waals surface area contributed by atoms with Crippen molar-refractivity contribution < 1.29 is 9.21 Å². The molecular weight excluding hydrogens is 404 g/mol. The molecule has 4 aromatic rings. The molecule has 0 saturated carbocycles. The third-order valence-corrected chi connectivity index (χ3v) is 5.42. The van der Waals surface area contributed by atoms with Gasteiger partial charge < -0.3 is 9.73 Å². The molecule has 1 atom stereocenters. The molecule has 8 nitrogen and oxygen atoms in total. The van der Waals surface area contributed by atoms with Crippen LogP contribution in [0.2, 0.25) is 0 Å². The summed E-state index contributed by atoms with van der Waals surface area (Å²) in [5, 5.41) is 15.3. The number of anilines is 1. The molecule has 8 heteroatoms. The van der Waals surface area contributed by atoms with Crippen LogP contribution in [0.1, 0.15) is 28.5 Å². The molecule has 1 amide bonds. The van der Waals surface area contributed by atoms with Gasteiger partial charge in [0.25, 0.3) is 5.95 Å². The lowest BCUT2D eigenvalue weighted by Gasteiger charge is -2.32. The number of rotatable bonds is 6. The highest BCUT2D eigenvalue weighted by Gasteiger charge is 2.31. The first-order chi connectivity index (χ1) is 15.7. The van der Waals surface area contributed by atoms with E-state index in [-0.39, 0.29) is 18.5 Å². The molecule has 0 fully saturated rings. The number of hydrogen-bond donors (Lipinski definition) is 1. The molecule has 0 radical (unpaired) electrons. The van der Waals surface area contributed by atoms with Gasteiger partial charge in [-0.3, -0.25) is 9.69 Å². The highest BCUT2D eigenvalue weighted by atomic mass is 16.3. The molecule has 3 heterocycles.